The van der Waals surface area contributed by atoms with E-state index in [-0.39, 0.29) is 15.9 Å². The maximum atomic E-state index is 9.45. The minimum absolute atomic E-state index is 0.0253. The number of benzene rings is 1. The Kier molecular flexibility index (Phi) is 3.67. The van der Waals surface area contributed by atoms with E-state index < -0.39 is 0 Å². The molecule has 0 aliphatic heterocycles. The molecule has 0 aliphatic carbocycles. The molecule has 14 heavy (non-hydrogen) atoms. The van der Waals surface area contributed by atoms with Gasteiger partial charge >= 0.3 is 0 Å². The number of nitrogens with one attached hydrogen (secondary N) is 1. The van der Waals surface area contributed by atoms with E-state index in [1.54, 1.807) is 18.2 Å². The second-order valence-corrected chi connectivity index (χ2v) is 3.26. The van der Waals surface area contributed by atoms with Crippen LogP contribution in [-0.4, -0.2) is 16.4 Å². The number of thiocarbonyl (C=S) groups is 1. The topological polar surface area (TPSA) is 70.6 Å². The van der Waals surface area contributed by atoms with Crippen molar-refractivity contribution in [2.75, 3.05) is 0 Å². The van der Waals surface area contributed by atoms with E-state index in [0.717, 1.165) is 0 Å². The molecule has 0 amide bonds. The van der Waals surface area contributed by atoms with E-state index in [9.17, 15) is 5.11 Å². The van der Waals surface area contributed by atoms with Crippen molar-refractivity contribution in [3.05, 3.63) is 28.8 Å². The third-order valence-electron chi connectivity index (χ3n) is 1.40. The fourth-order valence-corrected chi connectivity index (χ4v) is 1.04. The first-order valence-electron chi connectivity index (χ1n) is 3.67. The number of aromatic hydroxyl groups is 1. The summed E-state index contributed by atoms with van der Waals surface area (Å²) in [4.78, 5) is 0. The lowest BCUT2D eigenvalue weighted by Crippen LogP contribution is -2.23. The molecule has 0 spiro atoms. The number of hydrogen-bond acceptors (Lipinski definition) is 3. The van der Waals surface area contributed by atoms with E-state index in [4.69, 9.17) is 17.3 Å². The highest BCUT2D eigenvalue weighted by Gasteiger charge is 2.01. The second-order valence-electron chi connectivity index (χ2n) is 2.41. The lowest BCUT2D eigenvalue weighted by molar-refractivity contribution is 0.474. The van der Waals surface area contributed by atoms with Crippen molar-refractivity contribution in [3.8, 4) is 5.75 Å². The van der Waals surface area contributed by atoms with E-state index in [1.165, 1.54) is 6.21 Å². The van der Waals surface area contributed by atoms with Gasteiger partial charge in [-0.3, -0.25) is 5.43 Å². The molecule has 0 heterocycles. The number of hydrogen-bond donors (Lipinski definition) is 3. The van der Waals surface area contributed by atoms with Crippen molar-refractivity contribution in [1.82, 2.24) is 5.43 Å². The molecule has 0 atom stereocenters. The Bertz CT molecular complexity index is 381. The van der Waals surface area contributed by atoms with Gasteiger partial charge in [-0.15, -0.1) is 0 Å². The van der Waals surface area contributed by atoms with Gasteiger partial charge in [0, 0.05) is 5.56 Å². The molecule has 74 valence electrons. The van der Waals surface area contributed by atoms with Crippen LogP contribution in [0, 0.1) is 0 Å². The predicted octanol–water partition coefficient (Wildman–Crippen LogP) is 1.21. The molecule has 0 fully saturated rings. The zero-order valence-electron chi connectivity index (χ0n) is 7.07. The molecule has 4 N–H and O–H groups in total. The maximum absolute atomic E-state index is 9.45. The molecule has 1 rings (SSSR count). The molecule has 4 nitrogen and oxygen atoms in total. The zero-order chi connectivity index (χ0) is 10.6. The summed E-state index contributed by atoms with van der Waals surface area (Å²) in [6.07, 6.45) is 1.38. The van der Waals surface area contributed by atoms with Crippen LogP contribution in [0.1, 0.15) is 5.56 Å². The molecule has 0 saturated heterocycles. The summed E-state index contributed by atoms with van der Waals surface area (Å²) in [7, 11) is 0. The summed E-state index contributed by atoms with van der Waals surface area (Å²) in [5.74, 6) is -0.0253. The zero-order valence-corrected chi connectivity index (χ0v) is 8.64. The number of phenolic OH excluding ortho intramolecular Hbond substituents is 1. The number of phenols is 1. The molecule has 1 aromatic carbocycles. The number of nitrogens with zero attached hydrogens (tertiary/aromatic N) is 1. The fourth-order valence-electron chi connectivity index (χ4n) is 0.802. The van der Waals surface area contributed by atoms with Gasteiger partial charge in [-0.1, -0.05) is 17.7 Å². The van der Waals surface area contributed by atoms with Crippen molar-refractivity contribution >= 4 is 35.1 Å². The normalized spacial score (nSPS) is 10.4. The van der Waals surface area contributed by atoms with Crippen molar-refractivity contribution in [2.45, 2.75) is 0 Å². The minimum Gasteiger partial charge on any atom is -0.506 e. The van der Waals surface area contributed by atoms with Gasteiger partial charge in [-0.05, 0) is 24.4 Å². The van der Waals surface area contributed by atoms with Crippen LogP contribution in [0.15, 0.2) is 23.3 Å². The van der Waals surface area contributed by atoms with Gasteiger partial charge in [0.05, 0.1) is 11.2 Å². The van der Waals surface area contributed by atoms with Crippen molar-refractivity contribution in [3.63, 3.8) is 0 Å². The molecule has 0 aromatic heterocycles. The van der Waals surface area contributed by atoms with Gasteiger partial charge in [0.1, 0.15) is 5.75 Å². The number of halogens is 1. The second kappa shape index (κ2) is 4.78. The molecule has 0 radical (unpaired) electrons. The molecule has 0 unspecified atom stereocenters. The number of hydrazone groups is 1. The molecule has 0 bridgehead atoms. The average Bonchev–Trinajstić information content (AvgIpc) is 2.12. The highest BCUT2D eigenvalue weighted by atomic mass is 35.5. The van der Waals surface area contributed by atoms with E-state index in [0.29, 0.717) is 5.56 Å². The number of nitrogens with two attached hydrogens (primary N) is 1. The molecule has 0 aliphatic rings. The summed E-state index contributed by atoms with van der Waals surface area (Å²) >= 11 is 10.2. The summed E-state index contributed by atoms with van der Waals surface area (Å²) in [6.45, 7) is 0. The monoisotopic (exact) mass is 229 g/mol. The molecule has 0 saturated carbocycles. The SMILES string of the molecule is NC(=S)N/N=C/c1cccc(Cl)c1O. The van der Waals surface area contributed by atoms with Crippen LogP contribution >= 0.6 is 23.8 Å². The fraction of sp³-hybridized carbons (Fsp3) is 0. The first kappa shape index (κ1) is 10.7. The van der Waals surface area contributed by atoms with Gasteiger partial charge in [-0.25, -0.2) is 0 Å². The highest BCUT2D eigenvalue weighted by Crippen LogP contribution is 2.25. The Morgan fingerprint density at radius 2 is 2.36 bits per heavy atom. The first-order valence-corrected chi connectivity index (χ1v) is 4.46. The summed E-state index contributed by atoms with van der Waals surface area (Å²) in [6, 6.07) is 4.94. The van der Waals surface area contributed by atoms with Crippen molar-refractivity contribution < 1.29 is 5.11 Å². The van der Waals surface area contributed by atoms with Crippen LogP contribution < -0.4 is 11.2 Å². The number of para-hydroxylation sites is 1. The Hall–Kier alpha value is -1.33. The average molecular weight is 230 g/mol. The maximum Gasteiger partial charge on any atom is 0.184 e. The van der Waals surface area contributed by atoms with Gasteiger partial charge < -0.3 is 10.8 Å². The smallest absolute Gasteiger partial charge is 0.184 e. The predicted molar refractivity (Wildman–Crippen MR) is 60.6 cm³/mol. The molecular weight excluding hydrogens is 222 g/mol. The van der Waals surface area contributed by atoms with Crippen LogP contribution in [-0.2, 0) is 0 Å². The first-order chi connectivity index (χ1) is 6.61. The number of rotatable bonds is 2. The van der Waals surface area contributed by atoms with Gasteiger partial charge in [0.2, 0.25) is 0 Å². The molecule has 1 aromatic rings. The van der Waals surface area contributed by atoms with Gasteiger partial charge in [0.15, 0.2) is 5.11 Å². The van der Waals surface area contributed by atoms with Crippen LogP contribution in [0.25, 0.3) is 0 Å². The van der Waals surface area contributed by atoms with Crippen LogP contribution in [0.2, 0.25) is 5.02 Å². The van der Waals surface area contributed by atoms with Crippen molar-refractivity contribution in [2.24, 2.45) is 10.8 Å². The third-order valence-corrected chi connectivity index (χ3v) is 1.79. The van der Waals surface area contributed by atoms with E-state index in [1.807, 2.05) is 0 Å². The van der Waals surface area contributed by atoms with E-state index >= 15 is 0 Å². The van der Waals surface area contributed by atoms with Crippen LogP contribution in [0.3, 0.4) is 0 Å². The van der Waals surface area contributed by atoms with Gasteiger partial charge in [-0.2, -0.15) is 5.10 Å². The summed E-state index contributed by atoms with van der Waals surface area (Å²) < 4.78 is 0. The third kappa shape index (κ3) is 2.86. The minimum atomic E-state index is -0.0253. The van der Waals surface area contributed by atoms with Gasteiger partial charge in [0.25, 0.3) is 0 Å². The quantitative estimate of drug-likeness (QED) is 0.405. The Morgan fingerprint density at radius 3 is 3.00 bits per heavy atom. The Balaban J connectivity index is 2.81. The van der Waals surface area contributed by atoms with Crippen molar-refractivity contribution in [1.29, 1.82) is 0 Å². The lowest BCUT2D eigenvalue weighted by atomic mass is 10.2. The lowest BCUT2D eigenvalue weighted by Gasteiger charge is -2.00. The standard InChI is InChI=1S/C8H8ClN3OS/c9-6-3-1-2-5(7(6)13)4-11-12-8(10)14/h1-4,13H,(H3,10,12,14)/b11-4+. The molecule has 6 heteroatoms. The Labute approximate surface area is 91.4 Å². The highest BCUT2D eigenvalue weighted by molar-refractivity contribution is 7.80. The summed E-state index contributed by atoms with van der Waals surface area (Å²) in [5, 5.41) is 13.5. The molecular formula is C8H8ClN3OS. The van der Waals surface area contributed by atoms with E-state index in [2.05, 4.69) is 22.7 Å². The Morgan fingerprint density at radius 1 is 1.64 bits per heavy atom. The summed E-state index contributed by atoms with van der Waals surface area (Å²) in [5.41, 5.74) is 7.99. The largest absolute Gasteiger partial charge is 0.506 e. The van der Waals surface area contributed by atoms with Crippen LogP contribution in [0.5, 0.6) is 5.75 Å². The van der Waals surface area contributed by atoms with Crippen LogP contribution in [0.4, 0.5) is 0 Å².